The van der Waals surface area contributed by atoms with Gasteiger partial charge in [0.2, 0.25) is 6.36 Å². The summed E-state index contributed by atoms with van der Waals surface area (Å²) in [6.07, 6.45) is 1.80. The number of ether oxygens (including phenoxy) is 2. The van der Waals surface area contributed by atoms with E-state index >= 15 is 0 Å². The summed E-state index contributed by atoms with van der Waals surface area (Å²) in [7, 11) is 0. The van der Waals surface area contributed by atoms with Crippen LogP contribution in [-0.4, -0.2) is 18.3 Å². The van der Waals surface area contributed by atoms with Crippen molar-refractivity contribution in [1.82, 2.24) is 0 Å². The maximum atomic E-state index is 12.1. The van der Waals surface area contributed by atoms with E-state index in [1.54, 1.807) is 0 Å². The first-order valence-electron chi connectivity index (χ1n) is 4.31. The van der Waals surface area contributed by atoms with Gasteiger partial charge in [0, 0.05) is 6.92 Å². The minimum absolute atomic E-state index is 0.0317. The number of halogens is 1. The largest absolute Gasteiger partial charge is 0.434 e. The molecule has 0 spiro atoms. The van der Waals surface area contributed by atoms with Crippen LogP contribution >= 0.6 is 0 Å². The molecular weight excluding hydrogens is 191 g/mol. The first kappa shape index (κ1) is 10.7. The van der Waals surface area contributed by atoms with E-state index in [-0.39, 0.29) is 11.9 Å². The minimum atomic E-state index is -1.66. The molecule has 1 rings (SSSR count). The molecule has 14 heavy (non-hydrogen) atoms. The van der Waals surface area contributed by atoms with Gasteiger partial charge in [-0.25, -0.2) is 9.18 Å². The van der Waals surface area contributed by atoms with Crippen molar-refractivity contribution < 1.29 is 23.5 Å². The molecule has 1 fully saturated rings. The normalized spacial score (nSPS) is 17.9. The zero-order chi connectivity index (χ0) is 10.6. The van der Waals surface area contributed by atoms with E-state index in [4.69, 9.17) is 0 Å². The second-order valence-electron chi connectivity index (χ2n) is 2.99. The van der Waals surface area contributed by atoms with Crippen LogP contribution in [0.2, 0.25) is 0 Å². The summed E-state index contributed by atoms with van der Waals surface area (Å²) in [5.74, 6) is -1.26. The lowest BCUT2D eigenvalue weighted by Gasteiger charge is -2.00. The second kappa shape index (κ2) is 4.74. The van der Waals surface area contributed by atoms with Crippen molar-refractivity contribution in [2.45, 2.75) is 26.1 Å². The third-order valence-corrected chi connectivity index (χ3v) is 1.58. The fraction of sp³-hybridized carbons (Fsp3) is 0.556. The van der Waals surface area contributed by atoms with Gasteiger partial charge in [-0.1, -0.05) is 0 Å². The molecule has 0 aliphatic heterocycles. The molecule has 0 radical (unpaired) electrons. The Balaban J connectivity index is 2.18. The highest BCUT2D eigenvalue weighted by Gasteiger charge is 2.30. The molecule has 0 aromatic heterocycles. The van der Waals surface area contributed by atoms with Crippen LogP contribution in [-0.2, 0) is 19.1 Å². The first-order chi connectivity index (χ1) is 6.59. The molecule has 1 saturated carbocycles. The van der Waals surface area contributed by atoms with Crippen LogP contribution in [0.15, 0.2) is 12.3 Å². The monoisotopic (exact) mass is 202 g/mol. The van der Waals surface area contributed by atoms with Gasteiger partial charge in [0.15, 0.2) is 0 Å². The lowest BCUT2D eigenvalue weighted by atomic mass is 10.4. The van der Waals surface area contributed by atoms with Crippen molar-refractivity contribution in [3.63, 3.8) is 0 Å². The van der Waals surface area contributed by atoms with E-state index in [9.17, 15) is 14.0 Å². The second-order valence-corrected chi connectivity index (χ2v) is 2.99. The summed E-state index contributed by atoms with van der Waals surface area (Å²) >= 11 is 0. The van der Waals surface area contributed by atoms with Gasteiger partial charge in [-0.05, 0) is 12.8 Å². The van der Waals surface area contributed by atoms with E-state index in [1.165, 1.54) is 0 Å². The van der Waals surface area contributed by atoms with Gasteiger partial charge in [-0.15, -0.1) is 0 Å². The molecule has 1 unspecified atom stereocenters. The van der Waals surface area contributed by atoms with Crippen LogP contribution in [0.3, 0.4) is 0 Å². The summed E-state index contributed by atoms with van der Waals surface area (Å²) in [5, 5.41) is 0. The average Bonchev–Trinajstić information content (AvgIpc) is 2.84. The zero-order valence-corrected chi connectivity index (χ0v) is 7.73. The number of alkyl halides is 1. The SMILES string of the molecule is CC(F)OC(=O)C=COC(=O)C1CC1. The van der Waals surface area contributed by atoms with Gasteiger partial charge in [-0.2, -0.15) is 0 Å². The quantitative estimate of drug-likeness (QED) is 0.392. The van der Waals surface area contributed by atoms with Crippen molar-refractivity contribution in [2.24, 2.45) is 5.92 Å². The molecule has 0 saturated heterocycles. The Morgan fingerprint density at radius 2 is 2.14 bits per heavy atom. The molecule has 1 atom stereocenters. The molecule has 1 aliphatic carbocycles. The van der Waals surface area contributed by atoms with E-state index in [0.717, 1.165) is 32.1 Å². The summed E-state index contributed by atoms with van der Waals surface area (Å²) in [6, 6.07) is 0. The number of carbonyl (C=O) groups is 2. The van der Waals surface area contributed by atoms with E-state index in [1.807, 2.05) is 0 Å². The van der Waals surface area contributed by atoms with E-state index < -0.39 is 12.3 Å². The minimum Gasteiger partial charge on any atom is -0.434 e. The van der Waals surface area contributed by atoms with E-state index in [2.05, 4.69) is 9.47 Å². The molecule has 0 aromatic carbocycles. The smallest absolute Gasteiger partial charge is 0.336 e. The molecular formula is C9H11FO4. The molecule has 5 heteroatoms. The van der Waals surface area contributed by atoms with Gasteiger partial charge in [0.1, 0.15) is 6.26 Å². The van der Waals surface area contributed by atoms with Gasteiger partial charge >= 0.3 is 11.9 Å². The third kappa shape index (κ3) is 4.02. The number of rotatable bonds is 4. The Labute approximate surface area is 80.7 Å². The summed E-state index contributed by atoms with van der Waals surface area (Å²) < 4.78 is 20.8. The van der Waals surface area contributed by atoms with Gasteiger partial charge in [0.05, 0.1) is 12.0 Å². The summed E-state index contributed by atoms with van der Waals surface area (Å²) in [5.41, 5.74) is 0. The Kier molecular flexibility index (Phi) is 3.62. The molecule has 0 heterocycles. The van der Waals surface area contributed by atoms with Crippen LogP contribution in [0.25, 0.3) is 0 Å². The Bertz CT molecular complexity index is 256. The number of hydrogen-bond donors (Lipinski definition) is 0. The van der Waals surface area contributed by atoms with Crippen molar-refractivity contribution in [1.29, 1.82) is 0 Å². The van der Waals surface area contributed by atoms with Crippen molar-refractivity contribution >= 4 is 11.9 Å². The number of hydrogen-bond acceptors (Lipinski definition) is 4. The maximum Gasteiger partial charge on any atom is 0.336 e. The molecule has 78 valence electrons. The maximum absolute atomic E-state index is 12.1. The highest BCUT2D eigenvalue weighted by atomic mass is 19.1. The zero-order valence-electron chi connectivity index (χ0n) is 7.73. The summed E-state index contributed by atoms with van der Waals surface area (Å²) in [4.78, 5) is 21.6. The summed E-state index contributed by atoms with van der Waals surface area (Å²) in [6.45, 7) is 1.09. The van der Waals surface area contributed by atoms with Crippen LogP contribution in [0.1, 0.15) is 19.8 Å². The topological polar surface area (TPSA) is 52.6 Å². The Hall–Kier alpha value is -1.39. The van der Waals surface area contributed by atoms with Gasteiger partial charge in [-0.3, -0.25) is 4.79 Å². The molecule has 0 aromatic rings. The number of carbonyl (C=O) groups excluding carboxylic acids is 2. The van der Waals surface area contributed by atoms with Crippen molar-refractivity contribution in [2.75, 3.05) is 0 Å². The highest BCUT2D eigenvalue weighted by Crippen LogP contribution is 2.30. The fourth-order valence-electron chi connectivity index (χ4n) is 0.771. The molecule has 0 bridgehead atoms. The molecule has 1 aliphatic rings. The average molecular weight is 202 g/mol. The lowest BCUT2D eigenvalue weighted by molar-refractivity contribution is -0.149. The van der Waals surface area contributed by atoms with Crippen LogP contribution in [0.5, 0.6) is 0 Å². The Morgan fingerprint density at radius 3 is 2.64 bits per heavy atom. The van der Waals surface area contributed by atoms with Crippen LogP contribution in [0.4, 0.5) is 4.39 Å². The number of esters is 2. The van der Waals surface area contributed by atoms with Gasteiger partial charge < -0.3 is 9.47 Å². The van der Waals surface area contributed by atoms with Gasteiger partial charge in [0.25, 0.3) is 0 Å². The lowest BCUT2D eigenvalue weighted by Crippen LogP contribution is -2.08. The molecule has 0 N–H and O–H groups in total. The fourth-order valence-corrected chi connectivity index (χ4v) is 0.771. The van der Waals surface area contributed by atoms with E-state index in [0.29, 0.717) is 0 Å². The van der Waals surface area contributed by atoms with Crippen LogP contribution < -0.4 is 0 Å². The Morgan fingerprint density at radius 1 is 1.50 bits per heavy atom. The molecule has 4 nitrogen and oxygen atoms in total. The van der Waals surface area contributed by atoms with Crippen LogP contribution in [0, 0.1) is 5.92 Å². The standard InChI is InChI=1S/C9H11FO4/c1-6(10)14-8(11)4-5-13-9(12)7-2-3-7/h4-7H,2-3H2,1H3. The predicted octanol–water partition coefficient (Wildman–Crippen LogP) is 1.31. The predicted molar refractivity (Wildman–Crippen MR) is 44.6 cm³/mol. The first-order valence-corrected chi connectivity index (χ1v) is 4.31. The van der Waals surface area contributed by atoms with Crippen molar-refractivity contribution in [3.8, 4) is 0 Å². The molecule has 0 amide bonds. The highest BCUT2D eigenvalue weighted by molar-refractivity contribution is 5.82. The van der Waals surface area contributed by atoms with Crippen molar-refractivity contribution in [3.05, 3.63) is 12.3 Å². The third-order valence-electron chi connectivity index (χ3n) is 1.58.